The first-order valence-electron chi connectivity index (χ1n) is 8.36. The number of hydrogen-bond donors (Lipinski definition) is 1. The maximum atomic E-state index is 12.9. The minimum Gasteiger partial charge on any atom is -0.208 e. The quantitative estimate of drug-likeness (QED) is 0.852. The van der Waals surface area contributed by atoms with Crippen LogP contribution in [0.3, 0.4) is 0 Å². The Morgan fingerprint density at radius 1 is 0.958 bits per heavy atom. The maximum absolute atomic E-state index is 12.9. The molecule has 130 valence electrons. The zero-order valence-corrected chi connectivity index (χ0v) is 16.0. The molecule has 0 aromatic heterocycles. The lowest BCUT2D eigenvalue weighted by Crippen LogP contribution is -2.34. The fraction of sp³-hybridized carbons (Fsp3) is 0.400. The minimum absolute atomic E-state index is 0.116. The fourth-order valence-corrected chi connectivity index (χ4v) is 4.89. The van der Waals surface area contributed by atoms with Gasteiger partial charge in [-0.2, -0.15) is 0 Å². The average molecular weight is 346 g/mol. The Hall–Kier alpha value is -1.65. The van der Waals surface area contributed by atoms with E-state index in [9.17, 15) is 8.42 Å². The van der Waals surface area contributed by atoms with Crippen LogP contribution in [0.5, 0.6) is 0 Å². The largest absolute Gasteiger partial charge is 0.241 e. The third-order valence-electron chi connectivity index (χ3n) is 4.63. The van der Waals surface area contributed by atoms with E-state index >= 15 is 0 Å². The van der Waals surface area contributed by atoms with Crippen LogP contribution in [0.25, 0.3) is 0 Å². The van der Waals surface area contributed by atoms with Crippen molar-refractivity contribution in [2.45, 2.75) is 58.4 Å². The summed E-state index contributed by atoms with van der Waals surface area (Å²) >= 11 is 0. The number of benzene rings is 2. The second-order valence-corrected chi connectivity index (χ2v) is 8.29. The normalized spacial score (nSPS) is 13.0. The minimum atomic E-state index is -3.52. The van der Waals surface area contributed by atoms with Crippen LogP contribution in [-0.4, -0.2) is 14.5 Å². The van der Waals surface area contributed by atoms with E-state index in [-0.39, 0.29) is 6.04 Å². The van der Waals surface area contributed by atoms with Gasteiger partial charge in [0.05, 0.1) is 4.90 Å². The van der Waals surface area contributed by atoms with Gasteiger partial charge >= 0.3 is 0 Å². The fourth-order valence-electron chi connectivity index (χ4n) is 2.99. The van der Waals surface area contributed by atoms with Gasteiger partial charge in [0.2, 0.25) is 10.0 Å². The highest BCUT2D eigenvalue weighted by Gasteiger charge is 2.23. The van der Waals surface area contributed by atoms with Gasteiger partial charge in [-0.15, -0.1) is 0 Å². The molecule has 2 rings (SSSR count). The molecule has 2 aromatic carbocycles. The first kappa shape index (κ1) is 18.7. The smallest absolute Gasteiger partial charge is 0.208 e. The third-order valence-corrected chi connectivity index (χ3v) is 6.49. The van der Waals surface area contributed by atoms with Crippen LogP contribution in [0.4, 0.5) is 0 Å². The van der Waals surface area contributed by atoms with E-state index in [1.54, 1.807) is 0 Å². The first-order valence-corrected chi connectivity index (χ1v) is 9.84. The molecule has 0 bridgehead atoms. The molecule has 4 heteroatoms. The van der Waals surface area contributed by atoms with Crippen LogP contribution in [0.15, 0.2) is 41.3 Å². The second-order valence-electron chi connectivity index (χ2n) is 6.64. The molecule has 0 aliphatic carbocycles. The van der Waals surface area contributed by atoms with Gasteiger partial charge in [-0.3, -0.25) is 0 Å². The maximum Gasteiger partial charge on any atom is 0.241 e. The molecule has 1 unspecified atom stereocenters. The number of rotatable bonds is 6. The standard InChI is InChI=1S/C20H27NO2S/c1-14-13-15(2)18(5)20(17(14)4)24(22,23)21-16(3)11-12-19-9-7-6-8-10-19/h6-10,13,16,21H,11-12H2,1-5H3. The molecule has 3 nitrogen and oxygen atoms in total. The van der Waals surface area contributed by atoms with Gasteiger partial charge in [0, 0.05) is 6.04 Å². The van der Waals surface area contributed by atoms with Gasteiger partial charge in [0.15, 0.2) is 0 Å². The van der Waals surface area contributed by atoms with Crippen LogP contribution in [0.2, 0.25) is 0 Å². The van der Waals surface area contributed by atoms with Gasteiger partial charge < -0.3 is 0 Å². The molecule has 0 aliphatic rings. The monoisotopic (exact) mass is 345 g/mol. The average Bonchev–Trinajstić information content (AvgIpc) is 2.51. The molecule has 0 amide bonds. The zero-order chi connectivity index (χ0) is 17.9. The summed E-state index contributed by atoms with van der Waals surface area (Å²) in [6.07, 6.45) is 1.63. The summed E-state index contributed by atoms with van der Waals surface area (Å²) in [6.45, 7) is 9.60. The van der Waals surface area contributed by atoms with Crippen molar-refractivity contribution in [3.8, 4) is 0 Å². The van der Waals surface area contributed by atoms with E-state index in [1.807, 2.05) is 58.9 Å². The van der Waals surface area contributed by atoms with Crippen LogP contribution >= 0.6 is 0 Å². The molecule has 0 heterocycles. The van der Waals surface area contributed by atoms with Gasteiger partial charge in [-0.25, -0.2) is 13.1 Å². The molecule has 1 atom stereocenters. The Morgan fingerprint density at radius 3 is 2.04 bits per heavy atom. The van der Waals surface area contributed by atoms with Crippen molar-refractivity contribution in [3.05, 3.63) is 64.2 Å². The molecule has 2 aromatic rings. The molecular formula is C20H27NO2S. The van der Waals surface area contributed by atoms with Crippen LogP contribution in [0.1, 0.15) is 41.2 Å². The lowest BCUT2D eigenvalue weighted by molar-refractivity contribution is 0.545. The molecule has 0 radical (unpaired) electrons. The summed E-state index contributed by atoms with van der Waals surface area (Å²) in [5.74, 6) is 0. The number of nitrogens with one attached hydrogen (secondary N) is 1. The Morgan fingerprint density at radius 2 is 1.50 bits per heavy atom. The molecule has 1 N–H and O–H groups in total. The van der Waals surface area contributed by atoms with Crippen molar-refractivity contribution in [1.29, 1.82) is 0 Å². The highest BCUT2D eigenvalue weighted by Crippen LogP contribution is 2.26. The van der Waals surface area contributed by atoms with Crippen molar-refractivity contribution in [2.75, 3.05) is 0 Å². The van der Waals surface area contributed by atoms with E-state index in [4.69, 9.17) is 0 Å². The number of aryl methyl sites for hydroxylation is 3. The highest BCUT2D eigenvalue weighted by molar-refractivity contribution is 7.89. The summed E-state index contributed by atoms with van der Waals surface area (Å²) in [6, 6.07) is 12.1. The second kappa shape index (κ2) is 7.49. The molecule has 24 heavy (non-hydrogen) atoms. The lowest BCUT2D eigenvalue weighted by Gasteiger charge is -2.19. The summed E-state index contributed by atoms with van der Waals surface area (Å²) in [5.41, 5.74) is 4.91. The van der Waals surface area contributed by atoms with Crippen molar-refractivity contribution in [2.24, 2.45) is 0 Å². The Kier molecular flexibility index (Phi) is 5.83. The van der Waals surface area contributed by atoms with Crippen molar-refractivity contribution in [3.63, 3.8) is 0 Å². The van der Waals surface area contributed by atoms with E-state index in [1.165, 1.54) is 5.56 Å². The summed E-state index contributed by atoms with van der Waals surface area (Å²) < 4.78 is 28.6. The van der Waals surface area contributed by atoms with Crippen LogP contribution in [-0.2, 0) is 16.4 Å². The number of hydrogen-bond acceptors (Lipinski definition) is 2. The van der Waals surface area contributed by atoms with E-state index in [0.29, 0.717) is 4.90 Å². The Labute approximate surface area is 146 Å². The molecule has 0 saturated carbocycles. The van der Waals surface area contributed by atoms with Gasteiger partial charge in [-0.05, 0) is 75.3 Å². The molecule has 0 saturated heterocycles. The van der Waals surface area contributed by atoms with E-state index in [0.717, 1.165) is 35.1 Å². The molecule has 0 spiro atoms. The summed E-state index contributed by atoms with van der Waals surface area (Å²) in [7, 11) is -3.52. The highest BCUT2D eigenvalue weighted by atomic mass is 32.2. The predicted molar refractivity (Wildman–Crippen MR) is 99.9 cm³/mol. The zero-order valence-electron chi connectivity index (χ0n) is 15.2. The number of sulfonamides is 1. The van der Waals surface area contributed by atoms with Crippen molar-refractivity contribution >= 4 is 10.0 Å². The van der Waals surface area contributed by atoms with E-state index in [2.05, 4.69) is 16.9 Å². The van der Waals surface area contributed by atoms with E-state index < -0.39 is 10.0 Å². The van der Waals surface area contributed by atoms with Gasteiger partial charge in [0.1, 0.15) is 0 Å². The van der Waals surface area contributed by atoms with Gasteiger partial charge in [-0.1, -0.05) is 36.4 Å². The van der Waals surface area contributed by atoms with Crippen LogP contribution < -0.4 is 4.72 Å². The first-order chi connectivity index (χ1) is 11.2. The topological polar surface area (TPSA) is 46.2 Å². The van der Waals surface area contributed by atoms with Crippen molar-refractivity contribution < 1.29 is 8.42 Å². The van der Waals surface area contributed by atoms with Crippen LogP contribution in [0, 0.1) is 27.7 Å². The summed E-state index contributed by atoms with van der Waals surface area (Å²) in [5, 5.41) is 0. The summed E-state index contributed by atoms with van der Waals surface area (Å²) in [4.78, 5) is 0.437. The SMILES string of the molecule is Cc1cc(C)c(C)c(S(=O)(=O)NC(C)CCc2ccccc2)c1C. The lowest BCUT2D eigenvalue weighted by atomic mass is 10.0. The molecule has 0 fully saturated rings. The Bertz CT molecular complexity index is 785. The third kappa shape index (κ3) is 4.25. The van der Waals surface area contributed by atoms with Gasteiger partial charge in [0.25, 0.3) is 0 Å². The van der Waals surface area contributed by atoms with Crippen molar-refractivity contribution in [1.82, 2.24) is 4.72 Å². The Balaban J connectivity index is 2.17. The predicted octanol–water partition coefficient (Wildman–Crippen LogP) is 4.22. The molecular weight excluding hydrogens is 318 g/mol. The molecule has 0 aliphatic heterocycles.